The smallest absolute Gasteiger partial charge is 0.338 e. The SMILES string of the molecule is CCNC(=O)[C@H](C)OC(=O)c1cccc(S(=O)(=O)N2CCCCC2)c1. The number of carbonyl (C=O) groups excluding carboxylic acids is 2. The van der Waals surface area contributed by atoms with Crippen LogP contribution in [0.2, 0.25) is 0 Å². The number of hydrogen-bond acceptors (Lipinski definition) is 5. The van der Waals surface area contributed by atoms with Crippen LogP contribution in [0.15, 0.2) is 29.2 Å². The van der Waals surface area contributed by atoms with Gasteiger partial charge in [0.05, 0.1) is 10.5 Å². The highest BCUT2D eigenvalue weighted by molar-refractivity contribution is 7.89. The maximum absolute atomic E-state index is 12.7. The summed E-state index contributed by atoms with van der Waals surface area (Å²) in [5.74, 6) is -1.12. The molecule has 0 saturated carbocycles. The fourth-order valence-corrected chi connectivity index (χ4v) is 4.20. The highest BCUT2D eigenvalue weighted by atomic mass is 32.2. The number of amides is 1. The van der Waals surface area contributed by atoms with E-state index in [1.54, 1.807) is 6.92 Å². The van der Waals surface area contributed by atoms with Gasteiger partial charge in [0.15, 0.2) is 6.10 Å². The van der Waals surface area contributed by atoms with Crippen LogP contribution in [0, 0.1) is 0 Å². The molecule has 2 rings (SSSR count). The van der Waals surface area contributed by atoms with Gasteiger partial charge in [0.25, 0.3) is 5.91 Å². The van der Waals surface area contributed by atoms with E-state index in [4.69, 9.17) is 4.74 Å². The molecule has 1 heterocycles. The minimum Gasteiger partial charge on any atom is -0.449 e. The Balaban J connectivity index is 2.15. The molecule has 1 aliphatic rings. The molecule has 1 N–H and O–H groups in total. The summed E-state index contributed by atoms with van der Waals surface area (Å²) in [6.07, 6.45) is 1.75. The number of likely N-dealkylation sites (N-methyl/N-ethyl adjacent to an activating group) is 1. The predicted octanol–water partition coefficient (Wildman–Crippen LogP) is 1.54. The molecule has 1 saturated heterocycles. The van der Waals surface area contributed by atoms with Crippen LogP contribution in [0.3, 0.4) is 0 Å². The summed E-state index contributed by atoms with van der Waals surface area (Å²) in [5.41, 5.74) is 0.106. The van der Waals surface area contributed by atoms with Gasteiger partial charge in [0, 0.05) is 19.6 Å². The summed E-state index contributed by atoms with van der Waals surface area (Å²) in [7, 11) is -3.63. The third-order valence-electron chi connectivity index (χ3n) is 4.03. The molecule has 8 heteroatoms. The highest BCUT2D eigenvalue weighted by Crippen LogP contribution is 2.21. The zero-order chi connectivity index (χ0) is 18.4. The summed E-state index contributed by atoms with van der Waals surface area (Å²) in [5, 5.41) is 2.56. The van der Waals surface area contributed by atoms with Crippen LogP contribution in [0.5, 0.6) is 0 Å². The number of rotatable bonds is 6. The molecule has 25 heavy (non-hydrogen) atoms. The number of benzene rings is 1. The van der Waals surface area contributed by atoms with E-state index in [1.807, 2.05) is 0 Å². The average Bonchev–Trinajstić information content (AvgIpc) is 2.62. The molecule has 7 nitrogen and oxygen atoms in total. The van der Waals surface area contributed by atoms with Crippen molar-refractivity contribution in [1.29, 1.82) is 0 Å². The fraction of sp³-hybridized carbons (Fsp3) is 0.529. The van der Waals surface area contributed by atoms with Gasteiger partial charge in [-0.2, -0.15) is 4.31 Å². The number of hydrogen-bond donors (Lipinski definition) is 1. The van der Waals surface area contributed by atoms with Gasteiger partial charge >= 0.3 is 5.97 Å². The molecule has 1 atom stereocenters. The van der Waals surface area contributed by atoms with Crippen LogP contribution in [0.1, 0.15) is 43.5 Å². The number of carbonyl (C=O) groups is 2. The van der Waals surface area contributed by atoms with Crippen molar-refractivity contribution >= 4 is 21.9 Å². The molecular weight excluding hydrogens is 344 g/mol. The quantitative estimate of drug-likeness (QED) is 0.769. The standard InChI is InChI=1S/C17H24N2O5S/c1-3-18-16(20)13(2)24-17(21)14-8-7-9-15(12-14)25(22,23)19-10-5-4-6-11-19/h7-9,12-13H,3-6,10-11H2,1-2H3,(H,18,20)/t13-/m0/s1. The fourth-order valence-electron chi connectivity index (χ4n) is 2.64. The Morgan fingerprint density at radius 1 is 1.24 bits per heavy atom. The van der Waals surface area contributed by atoms with Crippen LogP contribution in [0.25, 0.3) is 0 Å². The molecule has 0 unspecified atom stereocenters. The van der Waals surface area contributed by atoms with Crippen molar-refractivity contribution < 1.29 is 22.7 Å². The normalized spacial score (nSPS) is 16.9. The summed E-state index contributed by atoms with van der Waals surface area (Å²) < 4.78 is 31.9. The second-order valence-corrected chi connectivity index (χ2v) is 7.87. The van der Waals surface area contributed by atoms with E-state index in [9.17, 15) is 18.0 Å². The number of piperidine rings is 1. The van der Waals surface area contributed by atoms with E-state index in [1.165, 1.54) is 35.5 Å². The lowest BCUT2D eigenvalue weighted by Gasteiger charge is -2.26. The van der Waals surface area contributed by atoms with E-state index in [0.717, 1.165) is 19.3 Å². The zero-order valence-corrected chi connectivity index (χ0v) is 15.3. The molecule has 0 aromatic heterocycles. The van der Waals surface area contributed by atoms with Gasteiger partial charge in [-0.15, -0.1) is 0 Å². The topological polar surface area (TPSA) is 92.8 Å². The van der Waals surface area contributed by atoms with E-state index >= 15 is 0 Å². The van der Waals surface area contributed by atoms with Crippen LogP contribution in [0.4, 0.5) is 0 Å². The first-order valence-electron chi connectivity index (χ1n) is 8.45. The lowest BCUT2D eigenvalue weighted by atomic mass is 10.2. The van der Waals surface area contributed by atoms with Crippen molar-refractivity contribution in [2.24, 2.45) is 0 Å². The lowest BCUT2D eigenvalue weighted by Crippen LogP contribution is -2.36. The Hall–Kier alpha value is -1.93. The molecule has 138 valence electrons. The van der Waals surface area contributed by atoms with Gasteiger partial charge in [-0.1, -0.05) is 12.5 Å². The zero-order valence-electron chi connectivity index (χ0n) is 14.5. The van der Waals surface area contributed by atoms with Crippen LogP contribution in [-0.2, 0) is 19.6 Å². The van der Waals surface area contributed by atoms with Gasteiger partial charge in [-0.3, -0.25) is 4.79 Å². The van der Waals surface area contributed by atoms with Gasteiger partial charge in [-0.05, 0) is 44.9 Å². The Morgan fingerprint density at radius 3 is 2.56 bits per heavy atom. The van der Waals surface area contributed by atoms with E-state index in [2.05, 4.69) is 5.32 Å². The maximum atomic E-state index is 12.7. The summed E-state index contributed by atoms with van der Waals surface area (Å²) in [6, 6.07) is 5.75. The van der Waals surface area contributed by atoms with Crippen LogP contribution in [-0.4, -0.2) is 50.3 Å². The first-order chi connectivity index (χ1) is 11.9. The van der Waals surface area contributed by atoms with Gasteiger partial charge < -0.3 is 10.1 Å². The first kappa shape index (κ1) is 19.4. The lowest BCUT2D eigenvalue weighted by molar-refractivity contribution is -0.128. The Bertz CT molecular complexity index is 726. The van der Waals surface area contributed by atoms with Crippen molar-refractivity contribution in [3.63, 3.8) is 0 Å². The monoisotopic (exact) mass is 368 g/mol. The molecule has 1 amide bonds. The predicted molar refractivity (Wildman–Crippen MR) is 92.6 cm³/mol. The summed E-state index contributed by atoms with van der Waals surface area (Å²) in [4.78, 5) is 23.9. The number of sulfonamides is 1. The van der Waals surface area contributed by atoms with Crippen molar-refractivity contribution in [3.05, 3.63) is 29.8 Å². The summed E-state index contributed by atoms with van der Waals surface area (Å²) >= 11 is 0. The van der Waals surface area contributed by atoms with Crippen molar-refractivity contribution in [1.82, 2.24) is 9.62 Å². The molecular formula is C17H24N2O5S. The van der Waals surface area contributed by atoms with Crippen molar-refractivity contribution in [2.45, 2.75) is 44.1 Å². The van der Waals surface area contributed by atoms with Gasteiger partial charge in [-0.25, -0.2) is 13.2 Å². The molecule has 1 aliphatic heterocycles. The second-order valence-electron chi connectivity index (χ2n) is 5.93. The highest BCUT2D eigenvalue weighted by Gasteiger charge is 2.27. The third-order valence-corrected chi connectivity index (χ3v) is 5.92. The Morgan fingerprint density at radius 2 is 1.92 bits per heavy atom. The van der Waals surface area contributed by atoms with Gasteiger partial charge in [0.1, 0.15) is 0 Å². The molecule has 0 radical (unpaired) electrons. The van der Waals surface area contributed by atoms with Crippen molar-refractivity contribution in [2.75, 3.05) is 19.6 Å². The summed E-state index contributed by atoms with van der Waals surface area (Å²) in [6.45, 7) is 4.65. The Kier molecular flexibility index (Phi) is 6.55. The largest absolute Gasteiger partial charge is 0.449 e. The average molecular weight is 368 g/mol. The number of nitrogens with zero attached hydrogens (tertiary/aromatic N) is 1. The molecule has 0 spiro atoms. The molecule has 1 fully saturated rings. The minimum absolute atomic E-state index is 0.0644. The van der Waals surface area contributed by atoms with Gasteiger partial charge in [0.2, 0.25) is 10.0 Å². The van der Waals surface area contributed by atoms with E-state index in [0.29, 0.717) is 19.6 Å². The van der Waals surface area contributed by atoms with E-state index < -0.39 is 28.0 Å². The second kappa shape index (κ2) is 8.44. The molecule has 0 aliphatic carbocycles. The van der Waals surface area contributed by atoms with Crippen LogP contribution >= 0.6 is 0 Å². The first-order valence-corrected chi connectivity index (χ1v) is 9.89. The number of nitrogens with one attached hydrogen (secondary N) is 1. The van der Waals surface area contributed by atoms with Crippen LogP contribution < -0.4 is 5.32 Å². The number of ether oxygens (including phenoxy) is 1. The minimum atomic E-state index is -3.63. The Labute approximate surface area is 148 Å². The third kappa shape index (κ3) is 4.79. The molecule has 1 aromatic rings. The molecule has 1 aromatic carbocycles. The maximum Gasteiger partial charge on any atom is 0.338 e. The van der Waals surface area contributed by atoms with Crippen molar-refractivity contribution in [3.8, 4) is 0 Å². The van der Waals surface area contributed by atoms with E-state index in [-0.39, 0.29) is 10.5 Å². The number of esters is 1. The molecule has 0 bridgehead atoms.